The van der Waals surface area contributed by atoms with Crippen molar-refractivity contribution < 1.29 is 9.53 Å². The molecular weight excluding hydrogens is 280 g/mol. The monoisotopic (exact) mass is 304 g/mol. The fourth-order valence-corrected chi connectivity index (χ4v) is 3.09. The summed E-state index contributed by atoms with van der Waals surface area (Å²) in [5.41, 5.74) is 0.600. The summed E-state index contributed by atoms with van der Waals surface area (Å²) in [5.74, 6) is 0.852. The van der Waals surface area contributed by atoms with Crippen LogP contribution in [0.25, 0.3) is 0 Å². The normalized spacial score (nSPS) is 22.8. The minimum atomic E-state index is -0.0968. The molecule has 0 unspecified atom stereocenters. The molecule has 1 aromatic rings. The molecule has 2 aliphatic rings. The third kappa shape index (κ3) is 3.56. The van der Waals surface area contributed by atoms with E-state index in [1.165, 1.54) is 12.8 Å². The Morgan fingerprint density at radius 1 is 1.36 bits per heavy atom. The number of aromatic nitrogens is 1. The number of carbonyl (C=O) groups excluding carboxylic acids is 1. The standard InChI is InChI=1S/C16H24N4O2/c1-17-16(21)13-4-5-15(18-11-13)20-8-6-19(7-9-20)12-14-3-2-10-22-14/h4-5,11,14H,2-3,6-10,12H2,1H3,(H,17,21)/t14-/m1/s1. The molecule has 2 saturated heterocycles. The first-order chi connectivity index (χ1) is 10.8. The van der Waals surface area contributed by atoms with Gasteiger partial charge in [-0.05, 0) is 25.0 Å². The lowest BCUT2D eigenvalue weighted by Crippen LogP contribution is -2.48. The molecule has 0 spiro atoms. The Balaban J connectivity index is 1.51. The van der Waals surface area contributed by atoms with Crippen molar-refractivity contribution in [1.29, 1.82) is 0 Å². The molecule has 0 aromatic carbocycles. The predicted molar refractivity (Wildman–Crippen MR) is 85.3 cm³/mol. The molecule has 2 aliphatic heterocycles. The molecule has 0 radical (unpaired) electrons. The summed E-state index contributed by atoms with van der Waals surface area (Å²) in [6, 6.07) is 3.76. The smallest absolute Gasteiger partial charge is 0.252 e. The van der Waals surface area contributed by atoms with E-state index >= 15 is 0 Å². The first-order valence-corrected chi connectivity index (χ1v) is 8.03. The van der Waals surface area contributed by atoms with E-state index in [9.17, 15) is 4.79 Å². The summed E-state index contributed by atoms with van der Waals surface area (Å²) in [4.78, 5) is 20.7. The van der Waals surface area contributed by atoms with E-state index in [1.54, 1.807) is 13.2 Å². The van der Waals surface area contributed by atoms with E-state index in [-0.39, 0.29) is 5.91 Å². The van der Waals surface area contributed by atoms with Crippen molar-refractivity contribution in [3.05, 3.63) is 23.9 Å². The third-order valence-electron chi connectivity index (χ3n) is 4.42. The summed E-state index contributed by atoms with van der Waals surface area (Å²) < 4.78 is 5.71. The number of rotatable bonds is 4. The number of hydrogen-bond acceptors (Lipinski definition) is 5. The second-order valence-electron chi connectivity index (χ2n) is 5.91. The van der Waals surface area contributed by atoms with Gasteiger partial charge < -0.3 is 15.0 Å². The van der Waals surface area contributed by atoms with Crippen molar-refractivity contribution in [3.63, 3.8) is 0 Å². The van der Waals surface area contributed by atoms with Crippen LogP contribution in [0.2, 0.25) is 0 Å². The summed E-state index contributed by atoms with van der Waals surface area (Å²) in [6.07, 6.45) is 4.47. The van der Waals surface area contributed by atoms with Crippen LogP contribution < -0.4 is 10.2 Å². The van der Waals surface area contributed by atoms with Gasteiger partial charge in [-0.25, -0.2) is 4.98 Å². The number of nitrogens with one attached hydrogen (secondary N) is 1. The van der Waals surface area contributed by atoms with Gasteiger partial charge in [0.15, 0.2) is 0 Å². The van der Waals surface area contributed by atoms with Crippen LogP contribution >= 0.6 is 0 Å². The maximum atomic E-state index is 11.5. The number of piperazine rings is 1. The average Bonchev–Trinajstić information content (AvgIpc) is 3.08. The number of anilines is 1. The molecule has 1 atom stereocenters. The van der Waals surface area contributed by atoms with Crippen LogP contribution in [0.1, 0.15) is 23.2 Å². The number of ether oxygens (including phenoxy) is 1. The van der Waals surface area contributed by atoms with Crippen molar-refractivity contribution in [3.8, 4) is 0 Å². The first-order valence-electron chi connectivity index (χ1n) is 8.03. The van der Waals surface area contributed by atoms with Crippen LogP contribution in [0.4, 0.5) is 5.82 Å². The van der Waals surface area contributed by atoms with E-state index < -0.39 is 0 Å². The van der Waals surface area contributed by atoms with Crippen LogP contribution in [0.5, 0.6) is 0 Å². The van der Waals surface area contributed by atoms with Crippen molar-refractivity contribution in [2.24, 2.45) is 0 Å². The quantitative estimate of drug-likeness (QED) is 0.889. The average molecular weight is 304 g/mol. The SMILES string of the molecule is CNC(=O)c1ccc(N2CCN(C[C@H]3CCCO3)CC2)nc1. The van der Waals surface area contributed by atoms with E-state index in [1.807, 2.05) is 12.1 Å². The summed E-state index contributed by atoms with van der Waals surface area (Å²) in [5, 5.41) is 2.61. The van der Waals surface area contributed by atoms with Gasteiger partial charge in [0.25, 0.3) is 5.91 Å². The molecule has 1 N–H and O–H groups in total. The van der Waals surface area contributed by atoms with Gasteiger partial charge in [-0.15, -0.1) is 0 Å². The van der Waals surface area contributed by atoms with E-state index in [4.69, 9.17) is 4.74 Å². The van der Waals surface area contributed by atoms with Crippen LogP contribution in [0.15, 0.2) is 18.3 Å². The van der Waals surface area contributed by atoms with Crippen molar-refractivity contribution in [2.45, 2.75) is 18.9 Å². The summed E-state index contributed by atoms with van der Waals surface area (Å²) in [6.45, 7) is 6.00. The fraction of sp³-hybridized carbons (Fsp3) is 0.625. The second-order valence-corrected chi connectivity index (χ2v) is 5.91. The number of carbonyl (C=O) groups is 1. The van der Waals surface area contributed by atoms with E-state index in [2.05, 4.69) is 20.1 Å². The molecule has 1 amide bonds. The zero-order valence-electron chi connectivity index (χ0n) is 13.1. The third-order valence-corrected chi connectivity index (χ3v) is 4.42. The second kappa shape index (κ2) is 7.07. The van der Waals surface area contributed by atoms with Gasteiger partial charge >= 0.3 is 0 Å². The molecule has 3 heterocycles. The summed E-state index contributed by atoms with van der Waals surface area (Å²) in [7, 11) is 1.63. The highest BCUT2D eigenvalue weighted by Crippen LogP contribution is 2.17. The van der Waals surface area contributed by atoms with E-state index in [0.717, 1.165) is 45.1 Å². The molecule has 0 bridgehead atoms. The van der Waals surface area contributed by atoms with Crippen LogP contribution in [0, 0.1) is 0 Å². The minimum absolute atomic E-state index is 0.0968. The Bertz CT molecular complexity index is 491. The molecule has 120 valence electrons. The molecular formula is C16H24N4O2. The van der Waals surface area contributed by atoms with Crippen molar-refractivity contribution in [2.75, 3.05) is 51.3 Å². The van der Waals surface area contributed by atoms with Gasteiger partial charge in [0.05, 0.1) is 11.7 Å². The van der Waals surface area contributed by atoms with Gasteiger partial charge in [-0.2, -0.15) is 0 Å². The fourth-order valence-electron chi connectivity index (χ4n) is 3.09. The largest absolute Gasteiger partial charge is 0.377 e. The van der Waals surface area contributed by atoms with Gasteiger partial charge in [0, 0.05) is 52.6 Å². The first kappa shape index (κ1) is 15.2. The number of hydrogen-bond donors (Lipinski definition) is 1. The molecule has 0 saturated carbocycles. The molecule has 1 aromatic heterocycles. The number of nitrogens with zero attached hydrogens (tertiary/aromatic N) is 3. The molecule has 0 aliphatic carbocycles. The Kier molecular flexibility index (Phi) is 4.90. The van der Waals surface area contributed by atoms with E-state index in [0.29, 0.717) is 11.7 Å². The Labute approximate surface area is 131 Å². The highest BCUT2D eigenvalue weighted by Gasteiger charge is 2.23. The van der Waals surface area contributed by atoms with Gasteiger partial charge in [0.1, 0.15) is 5.82 Å². The topological polar surface area (TPSA) is 57.7 Å². The number of pyridine rings is 1. The molecule has 22 heavy (non-hydrogen) atoms. The molecule has 6 nitrogen and oxygen atoms in total. The highest BCUT2D eigenvalue weighted by molar-refractivity contribution is 5.93. The lowest BCUT2D eigenvalue weighted by atomic mass is 10.2. The maximum Gasteiger partial charge on any atom is 0.252 e. The van der Waals surface area contributed by atoms with Crippen molar-refractivity contribution >= 4 is 11.7 Å². The Morgan fingerprint density at radius 2 is 2.18 bits per heavy atom. The number of amides is 1. The zero-order chi connectivity index (χ0) is 15.4. The molecule has 6 heteroatoms. The Hall–Kier alpha value is -1.66. The van der Waals surface area contributed by atoms with Crippen LogP contribution in [-0.2, 0) is 4.74 Å². The van der Waals surface area contributed by atoms with Crippen LogP contribution in [0.3, 0.4) is 0 Å². The van der Waals surface area contributed by atoms with Gasteiger partial charge in [-0.1, -0.05) is 0 Å². The minimum Gasteiger partial charge on any atom is -0.377 e. The maximum absolute atomic E-state index is 11.5. The lowest BCUT2D eigenvalue weighted by Gasteiger charge is -2.36. The Morgan fingerprint density at radius 3 is 2.77 bits per heavy atom. The summed E-state index contributed by atoms with van der Waals surface area (Å²) >= 11 is 0. The zero-order valence-corrected chi connectivity index (χ0v) is 13.1. The van der Waals surface area contributed by atoms with Gasteiger partial charge in [-0.3, -0.25) is 9.69 Å². The highest BCUT2D eigenvalue weighted by atomic mass is 16.5. The molecule has 2 fully saturated rings. The lowest BCUT2D eigenvalue weighted by molar-refractivity contribution is 0.0712. The van der Waals surface area contributed by atoms with Crippen LogP contribution in [-0.4, -0.2) is 68.3 Å². The molecule has 3 rings (SSSR count). The van der Waals surface area contributed by atoms with Gasteiger partial charge in [0.2, 0.25) is 0 Å². The predicted octanol–water partition coefficient (Wildman–Crippen LogP) is 0.742. The van der Waals surface area contributed by atoms with Crippen molar-refractivity contribution in [1.82, 2.24) is 15.2 Å².